The van der Waals surface area contributed by atoms with Gasteiger partial charge in [0.1, 0.15) is 6.10 Å². The van der Waals surface area contributed by atoms with Gasteiger partial charge in [0.25, 0.3) is 0 Å². The van der Waals surface area contributed by atoms with E-state index < -0.39 is 0 Å². The summed E-state index contributed by atoms with van der Waals surface area (Å²) in [4.78, 5) is 12.3. The maximum atomic E-state index is 12.3. The summed E-state index contributed by atoms with van der Waals surface area (Å²) in [5, 5.41) is 7.21. The van der Waals surface area contributed by atoms with E-state index in [0.29, 0.717) is 6.54 Å². The van der Waals surface area contributed by atoms with Gasteiger partial charge >= 0.3 is 0 Å². The maximum Gasteiger partial charge on any atom is 0.249 e. The standard InChI is InChI=1S/C17H22N4O2/c1-12(20-17(22)16-8-7-15(11-18)23-16)13-3-5-14(6-4-13)21-10-2-9-19-21/h2-6,9-10,12,15-16H,7-8,11,18H2,1H3,(H,20,22)/t12?,15-,16+/m1/s1. The van der Waals surface area contributed by atoms with Crippen molar-refractivity contribution in [3.63, 3.8) is 0 Å². The lowest BCUT2D eigenvalue weighted by Gasteiger charge is -2.18. The molecule has 1 fully saturated rings. The Kier molecular flexibility index (Phi) is 4.73. The maximum absolute atomic E-state index is 12.3. The molecule has 6 heteroatoms. The predicted octanol–water partition coefficient (Wildman–Crippen LogP) is 1.56. The molecular formula is C17H22N4O2. The molecule has 3 rings (SSSR count). The third-order valence-electron chi connectivity index (χ3n) is 4.18. The van der Waals surface area contributed by atoms with E-state index in [2.05, 4.69) is 10.4 Å². The van der Waals surface area contributed by atoms with Crippen LogP contribution in [0, 0.1) is 0 Å². The number of nitrogens with one attached hydrogen (secondary N) is 1. The average Bonchev–Trinajstić information content (AvgIpc) is 3.26. The van der Waals surface area contributed by atoms with Gasteiger partial charge in [-0.2, -0.15) is 5.10 Å². The van der Waals surface area contributed by atoms with E-state index in [-0.39, 0.29) is 24.2 Å². The first kappa shape index (κ1) is 15.7. The van der Waals surface area contributed by atoms with Crippen molar-refractivity contribution in [2.45, 2.75) is 38.0 Å². The largest absolute Gasteiger partial charge is 0.364 e. The van der Waals surface area contributed by atoms with Crippen molar-refractivity contribution >= 4 is 5.91 Å². The number of amides is 1. The van der Waals surface area contributed by atoms with E-state index in [0.717, 1.165) is 24.1 Å². The molecule has 1 aromatic carbocycles. The van der Waals surface area contributed by atoms with Crippen molar-refractivity contribution in [1.82, 2.24) is 15.1 Å². The van der Waals surface area contributed by atoms with Crippen LogP contribution >= 0.6 is 0 Å². The average molecular weight is 314 g/mol. The molecule has 0 saturated carbocycles. The summed E-state index contributed by atoms with van der Waals surface area (Å²) >= 11 is 0. The van der Waals surface area contributed by atoms with Crippen molar-refractivity contribution in [2.24, 2.45) is 5.73 Å². The molecule has 1 aromatic heterocycles. The number of carbonyl (C=O) groups excluding carboxylic acids is 1. The van der Waals surface area contributed by atoms with Gasteiger partial charge in [0.05, 0.1) is 17.8 Å². The third kappa shape index (κ3) is 3.60. The zero-order chi connectivity index (χ0) is 16.2. The van der Waals surface area contributed by atoms with E-state index in [4.69, 9.17) is 10.5 Å². The summed E-state index contributed by atoms with van der Waals surface area (Å²) < 4.78 is 7.43. The van der Waals surface area contributed by atoms with Crippen molar-refractivity contribution in [3.05, 3.63) is 48.3 Å². The van der Waals surface area contributed by atoms with E-state index in [9.17, 15) is 4.79 Å². The van der Waals surface area contributed by atoms with Crippen LogP contribution in [0.5, 0.6) is 0 Å². The van der Waals surface area contributed by atoms with Crippen molar-refractivity contribution in [1.29, 1.82) is 0 Å². The Labute approximate surface area is 135 Å². The van der Waals surface area contributed by atoms with Gasteiger partial charge < -0.3 is 15.8 Å². The summed E-state index contributed by atoms with van der Waals surface area (Å²) in [6, 6.07) is 9.78. The lowest BCUT2D eigenvalue weighted by Crippen LogP contribution is -2.37. The molecule has 1 aliphatic rings. The fourth-order valence-electron chi connectivity index (χ4n) is 2.80. The molecule has 1 aliphatic heterocycles. The molecule has 6 nitrogen and oxygen atoms in total. The molecule has 1 saturated heterocycles. The molecule has 0 bridgehead atoms. The lowest BCUT2D eigenvalue weighted by atomic mass is 10.1. The Bertz CT molecular complexity index is 639. The minimum Gasteiger partial charge on any atom is -0.364 e. The first-order chi connectivity index (χ1) is 11.2. The smallest absolute Gasteiger partial charge is 0.249 e. The van der Waals surface area contributed by atoms with Crippen molar-refractivity contribution in [2.75, 3.05) is 6.54 Å². The zero-order valence-electron chi connectivity index (χ0n) is 13.2. The molecule has 3 atom stereocenters. The first-order valence-corrected chi connectivity index (χ1v) is 7.93. The van der Waals surface area contributed by atoms with Gasteiger partial charge in [-0.05, 0) is 43.5 Å². The third-order valence-corrected chi connectivity index (χ3v) is 4.18. The normalized spacial score (nSPS) is 22.0. The molecular weight excluding hydrogens is 292 g/mol. The molecule has 23 heavy (non-hydrogen) atoms. The minimum absolute atomic E-state index is 0.00871. The molecule has 1 unspecified atom stereocenters. The van der Waals surface area contributed by atoms with Crippen LogP contribution in [-0.2, 0) is 9.53 Å². The Hall–Kier alpha value is -2.18. The highest BCUT2D eigenvalue weighted by Crippen LogP contribution is 2.21. The molecule has 122 valence electrons. The van der Waals surface area contributed by atoms with E-state index in [1.807, 2.05) is 43.5 Å². The molecule has 1 amide bonds. The number of hydrogen-bond donors (Lipinski definition) is 2. The highest BCUT2D eigenvalue weighted by Gasteiger charge is 2.30. The van der Waals surface area contributed by atoms with E-state index in [1.165, 1.54) is 0 Å². The van der Waals surface area contributed by atoms with Gasteiger partial charge in [0.2, 0.25) is 5.91 Å². The van der Waals surface area contributed by atoms with Gasteiger partial charge in [-0.3, -0.25) is 4.79 Å². The Morgan fingerprint density at radius 3 is 2.83 bits per heavy atom. The summed E-state index contributed by atoms with van der Waals surface area (Å²) in [5.74, 6) is -0.0652. The number of carbonyl (C=O) groups is 1. The van der Waals surface area contributed by atoms with E-state index in [1.54, 1.807) is 10.9 Å². The number of ether oxygens (including phenoxy) is 1. The SMILES string of the molecule is CC(NC(=O)[C@@H]1CC[C@H](CN)O1)c1ccc(-n2cccn2)cc1. The highest BCUT2D eigenvalue weighted by atomic mass is 16.5. The quantitative estimate of drug-likeness (QED) is 0.877. The fourth-order valence-corrected chi connectivity index (χ4v) is 2.80. The van der Waals surface area contributed by atoms with Crippen LogP contribution in [-0.4, -0.2) is 34.4 Å². The van der Waals surface area contributed by atoms with Crippen LogP contribution in [0.2, 0.25) is 0 Å². The number of benzene rings is 1. The predicted molar refractivity (Wildman–Crippen MR) is 87.1 cm³/mol. The number of rotatable bonds is 5. The second-order valence-corrected chi connectivity index (χ2v) is 5.83. The summed E-state index contributed by atoms with van der Waals surface area (Å²) in [5.41, 5.74) is 7.61. The number of hydrogen-bond acceptors (Lipinski definition) is 4. The summed E-state index contributed by atoms with van der Waals surface area (Å²) in [6.45, 7) is 2.43. The summed E-state index contributed by atoms with van der Waals surface area (Å²) in [6.07, 6.45) is 4.85. The zero-order valence-corrected chi connectivity index (χ0v) is 13.2. The second kappa shape index (κ2) is 6.93. The Morgan fingerprint density at radius 2 is 2.22 bits per heavy atom. The molecule has 0 spiro atoms. The second-order valence-electron chi connectivity index (χ2n) is 5.83. The minimum atomic E-state index is -0.380. The van der Waals surface area contributed by atoms with Crippen LogP contribution in [0.25, 0.3) is 5.69 Å². The van der Waals surface area contributed by atoms with Crippen LogP contribution in [0.4, 0.5) is 0 Å². The van der Waals surface area contributed by atoms with Crippen LogP contribution in [0.1, 0.15) is 31.4 Å². The monoisotopic (exact) mass is 314 g/mol. The van der Waals surface area contributed by atoms with Crippen LogP contribution in [0.3, 0.4) is 0 Å². The van der Waals surface area contributed by atoms with Gasteiger partial charge in [-0.15, -0.1) is 0 Å². The van der Waals surface area contributed by atoms with E-state index >= 15 is 0 Å². The topological polar surface area (TPSA) is 82.2 Å². The van der Waals surface area contributed by atoms with Crippen molar-refractivity contribution in [3.8, 4) is 5.69 Å². The number of nitrogens with zero attached hydrogens (tertiary/aromatic N) is 2. The van der Waals surface area contributed by atoms with Gasteiger partial charge in [0, 0.05) is 18.9 Å². The van der Waals surface area contributed by atoms with Gasteiger partial charge in [-0.1, -0.05) is 12.1 Å². The Balaban J connectivity index is 1.60. The lowest BCUT2D eigenvalue weighted by molar-refractivity contribution is -0.132. The molecule has 2 heterocycles. The highest BCUT2D eigenvalue weighted by molar-refractivity contribution is 5.81. The fraction of sp³-hybridized carbons (Fsp3) is 0.412. The molecule has 3 N–H and O–H groups in total. The number of nitrogens with two attached hydrogens (primary N) is 1. The Morgan fingerprint density at radius 1 is 1.43 bits per heavy atom. The summed E-state index contributed by atoms with van der Waals surface area (Å²) in [7, 11) is 0. The van der Waals surface area contributed by atoms with Crippen LogP contribution < -0.4 is 11.1 Å². The van der Waals surface area contributed by atoms with Crippen LogP contribution in [0.15, 0.2) is 42.7 Å². The number of aromatic nitrogens is 2. The molecule has 0 aliphatic carbocycles. The first-order valence-electron chi connectivity index (χ1n) is 7.93. The van der Waals surface area contributed by atoms with Gasteiger partial charge in [0.15, 0.2) is 0 Å². The molecule has 0 radical (unpaired) electrons. The van der Waals surface area contributed by atoms with Gasteiger partial charge in [-0.25, -0.2) is 4.68 Å². The molecule has 2 aromatic rings. The van der Waals surface area contributed by atoms with Crippen molar-refractivity contribution < 1.29 is 9.53 Å².